The monoisotopic (exact) mass is 284 g/mol. The van der Waals surface area contributed by atoms with Crippen molar-refractivity contribution >= 4 is 15.9 Å². The summed E-state index contributed by atoms with van der Waals surface area (Å²) in [6, 6.07) is 4.42. The fourth-order valence-corrected chi connectivity index (χ4v) is 1.99. The molecule has 1 atom stereocenters. The van der Waals surface area contributed by atoms with Gasteiger partial charge < -0.3 is 5.73 Å². The molecule has 0 bridgehead atoms. The summed E-state index contributed by atoms with van der Waals surface area (Å²) in [5.74, 6) is -0.281. The molecule has 84 valence electrons. The molecule has 0 aliphatic heterocycles. The van der Waals surface area contributed by atoms with Crippen molar-refractivity contribution in [3.63, 3.8) is 0 Å². The van der Waals surface area contributed by atoms with Crippen molar-refractivity contribution in [2.45, 2.75) is 12.5 Å². The summed E-state index contributed by atoms with van der Waals surface area (Å²) >= 11 is 3.24. The lowest BCUT2D eigenvalue weighted by molar-refractivity contribution is 0.619. The fourth-order valence-electron chi connectivity index (χ4n) is 1.48. The van der Waals surface area contributed by atoms with Crippen molar-refractivity contribution in [1.82, 2.24) is 15.4 Å². The summed E-state index contributed by atoms with van der Waals surface area (Å²) in [5, 5.41) is 10.1. The first-order chi connectivity index (χ1) is 7.65. The number of halogens is 2. The lowest BCUT2D eigenvalue weighted by atomic mass is 10.0. The van der Waals surface area contributed by atoms with Crippen LogP contribution >= 0.6 is 15.9 Å². The van der Waals surface area contributed by atoms with E-state index in [2.05, 4.69) is 31.3 Å². The predicted octanol–water partition coefficient (Wildman–Crippen LogP) is 1.95. The average Bonchev–Trinajstić information content (AvgIpc) is 2.68. The van der Waals surface area contributed by atoms with Gasteiger partial charge in [0.1, 0.15) is 5.82 Å². The number of hydrogen-bond acceptors (Lipinski definition) is 3. The first-order valence-corrected chi connectivity index (χ1v) is 5.50. The van der Waals surface area contributed by atoms with Gasteiger partial charge in [0, 0.05) is 4.47 Å². The fraction of sp³-hybridized carbons (Fsp3) is 0.200. The zero-order valence-corrected chi connectivity index (χ0v) is 9.91. The number of nitrogens with two attached hydrogens (primary N) is 1. The molecule has 0 fully saturated rings. The average molecular weight is 285 g/mol. The van der Waals surface area contributed by atoms with Crippen LogP contribution in [0.2, 0.25) is 0 Å². The van der Waals surface area contributed by atoms with Crippen LogP contribution in [-0.4, -0.2) is 15.4 Å². The molecule has 1 heterocycles. The van der Waals surface area contributed by atoms with E-state index in [9.17, 15) is 4.39 Å². The first kappa shape index (κ1) is 11.2. The topological polar surface area (TPSA) is 67.6 Å². The van der Waals surface area contributed by atoms with Crippen LogP contribution in [0.25, 0.3) is 0 Å². The van der Waals surface area contributed by atoms with Gasteiger partial charge in [-0.15, -0.1) is 0 Å². The minimum Gasteiger partial charge on any atom is -0.322 e. The molecule has 6 heteroatoms. The number of rotatable bonds is 3. The maximum atomic E-state index is 13.1. The highest BCUT2D eigenvalue weighted by atomic mass is 79.9. The smallest absolute Gasteiger partial charge is 0.124 e. The molecule has 0 spiro atoms. The Morgan fingerprint density at radius 1 is 1.44 bits per heavy atom. The second kappa shape index (κ2) is 4.71. The van der Waals surface area contributed by atoms with Gasteiger partial charge in [0.15, 0.2) is 0 Å². The third kappa shape index (κ3) is 2.65. The zero-order chi connectivity index (χ0) is 11.5. The van der Waals surface area contributed by atoms with Crippen LogP contribution in [0.5, 0.6) is 0 Å². The molecule has 0 aliphatic carbocycles. The Bertz CT molecular complexity index is 451. The van der Waals surface area contributed by atoms with Crippen molar-refractivity contribution < 1.29 is 4.39 Å². The normalized spacial score (nSPS) is 12.7. The number of nitrogens with one attached hydrogen (secondary N) is 1. The van der Waals surface area contributed by atoms with Crippen LogP contribution in [0.1, 0.15) is 17.3 Å². The van der Waals surface area contributed by atoms with Gasteiger partial charge in [-0.2, -0.15) is 15.4 Å². The van der Waals surface area contributed by atoms with Gasteiger partial charge in [0.2, 0.25) is 0 Å². The Hall–Kier alpha value is -1.27. The highest BCUT2D eigenvalue weighted by Crippen LogP contribution is 2.19. The highest BCUT2D eigenvalue weighted by Gasteiger charge is 2.10. The lowest BCUT2D eigenvalue weighted by Crippen LogP contribution is -2.14. The first-order valence-electron chi connectivity index (χ1n) is 4.71. The molecule has 3 N–H and O–H groups in total. The van der Waals surface area contributed by atoms with Crippen LogP contribution in [0, 0.1) is 5.82 Å². The molecular weight excluding hydrogens is 275 g/mol. The molecule has 1 aromatic carbocycles. The zero-order valence-electron chi connectivity index (χ0n) is 8.32. The number of benzene rings is 1. The van der Waals surface area contributed by atoms with E-state index < -0.39 is 0 Å². The van der Waals surface area contributed by atoms with Gasteiger partial charge in [0.05, 0.1) is 17.9 Å². The summed E-state index contributed by atoms with van der Waals surface area (Å²) in [6.07, 6.45) is 2.09. The number of nitrogens with zero attached hydrogens (tertiary/aromatic N) is 2. The Morgan fingerprint density at radius 2 is 2.25 bits per heavy atom. The van der Waals surface area contributed by atoms with Crippen LogP contribution in [-0.2, 0) is 6.42 Å². The van der Waals surface area contributed by atoms with Gasteiger partial charge in [-0.1, -0.05) is 15.9 Å². The summed E-state index contributed by atoms with van der Waals surface area (Å²) in [6.45, 7) is 0. The lowest BCUT2D eigenvalue weighted by Gasteiger charge is -2.08. The summed E-state index contributed by atoms with van der Waals surface area (Å²) < 4.78 is 13.8. The van der Waals surface area contributed by atoms with E-state index in [1.54, 1.807) is 6.20 Å². The maximum absolute atomic E-state index is 13.1. The highest BCUT2D eigenvalue weighted by molar-refractivity contribution is 9.10. The molecule has 16 heavy (non-hydrogen) atoms. The van der Waals surface area contributed by atoms with Gasteiger partial charge in [-0.05, 0) is 30.2 Å². The molecule has 1 aromatic heterocycles. The number of H-pyrrole nitrogens is 1. The standard InChI is InChI=1S/C10H10BrFN4/c11-7-1-6(2-8(12)4-7)3-9(13)10-5-14-16-15-10/h1-2,4-5,9H,3,13H2,(H,14,15,16). The van der Waals surface area contributed by atoms with Crippen LogP contribution in [0.4, 0.5) is 4.39 Å². The van der Waals surface area contributed by atoms with Crippen LogP contribution in [0.3, 0.4) is 0 Å². The van der Waals surface area contributed by atoms with Crippen molar-refractivity contribution in [1.29, 1.82) is 0 Å². The van der Waals surface area contributed by atoms with Gasteiger partial charge in [0.25, 0.3) is 0 Å². The minimum absolute atomic E-state index is 0.281. The van der Waals surface area contributed by atoms with E-state index in [0.29, 0.717) is 16.6 Å². The summed E-state index contributed by atoms with van der Waals surface area (Å²) in [7, 11) is 0. The molecule has 0 amide bonds. The van der Waals surface area contributed by atoms with Crippen LogP contribution < -0.4 is 5.73 Å². The van der Waals surface area contributed by atoms with E-state index in [1.165, 1.54) is 12.1 Å². The van der Waals surface area contributed by atoms with E-state index in [1.807, 2.05) is 6.07 Å². The van der Waals surface area contributed by atoms with Crippen molar-refractivity contribution in [3.8, 4) is 0 Å². The second-order valence-corrected chi connectivity index (χ2v) is 4.40. The summed E-state index contributed by atoms with van der Waals surface area (Å²) in [5.41, 5.74) is 7.40. The molecule has 4 nitrogen and oxygen atoms in total. The van der Waals surface area contributed by atoms with E-state index in [0.717, 1.165) is 5.56 Å². The molecule has 2 aromatic rings. The Kier molecular flexibility index (Phi) is 3.31. The number of aromatic amines is 1. The number of aromatic nitrogens is 3. The Morgan fingerprint density at radius 3 is 2.88 bits per heavy atom. The van der Waals surface area contributed by atoms with Gasteiger partial charge in [-0.3, -0.25) is 0 Å². The van der Waals surface area contributed by atoms with Crippen molar-refractivity contribution in [2.24, 2.45) is 5.73 Å². The molecule has 0 radical (unpaired) electrons. The molecular formula is C10H10BrFN4. The molecule has 0 aliphatic rings. The predicted molar refractivity (Wildman–Crippen MR) is 61.1 cm³/mol. The third-order valence-corrected chi connectivity index (χ3v) is 2.65. The maximum Gasteiger partial charge on any atom is 0.124 e. The summed E-state index contributed by atoms with van der Waals surface area (Å²) in [4.78, 5) is 0. The molecule has 0 saturated heterocycles. The number of hydrogen-bond donors (Lipinski definition) is 2. The van der Waals surface area contributed by atoms with Crippen LogP contribution in [0.15, 0.2) is 28.9 Å². The van der Waals surface area contributed by atoms with E-state index in [4.69, 9.17) is 5.73 Å². The third-order valence-electron chi connectivity index (χ3n) is 2.19. The van der Waals surface area contributed by atoms with E-state index >= 15 is 0 Å². The molecule has 0 saturated carbocycles. The van der Waals surface area contributed by atoms with Crippen molar-refractivity contribution in [3.05, 3.63) is 45.9 Å². The minimum atomic E-state index is -0.285. The Labute approximate surface area is 100 Å². The SMILES string of the molecule is NC(Cc1cc(F)cc(Br)c1)c1cn[nH]n1. The van der Waals surface area contributed by atoms with Gasteiger partial charge in [-0.25, -0.2) is 4.39 Å². The van der Waals surface area contributed by atoms with E-state index in [-0.39, 0.29) is 11.9 Å². The van der Waals surface area contributed by atoms with Gasteiger partial charge >= 0.3 is 0 Å². The second-order valence-electron chi connectivity index (χ2n) is 3.48. The molecule has 1 unspecified atom stereocenters. The largest absolute Gasteiger partial charge is 0.322 e. The molecule has 2 rings (SSSR count). The van der Waals surface area contributed by atoms with Crippen molar-refractivity contribution in [2.75, 3.05) is 0 Å². The quantitative estimate of drug-likeness (QED) is 0.905. The Balaban J connectivity index is 2.15.